The first-order chi connectivity index (χ1) is 9.97. The van der Waals surface area contributed by atoms with Gasteiger partial charge in [-0.15, -0.1) is 0 Å². The molecule has 0 radical (unpaired) electrons. The predicted octanol–water partition coefficient (Wildman–Crippen LogP) is 0.764. The number of phenols is 1. The molecule has 1 aromatic carbocycles. The SMILES string of the molecule is O=C(O)CN1CCCN(C(=O)c2ccc(O)cc2F)CC1. The van der Waals surface area contributed by atoms with Gasteiger partial charge in [-0.05, 0) is 18.6 Å². The smallest absolute Gasteiger partial charge is 0.317 e. The van der Waals surface area contributed by atoms with Crippen LogP contribution in [0, 0.1) is 5.82 Å². The van der Waals surface area contributed by atoms with Crippen molar-refractivity contribution in [1.29, 1.82) is 0 Å². The van der Waals surface area contributed by atoms with Crippen molar-refractivity contribution in [3.8, 4) is 5.75 Å². The van der Waals surface area contributed by atoms with E-state index < -0.39 is 17.7 Å². The van der Waals surface area contributed by atoms with Crippen LogP contribution in [0.2, 0.25) is 0 Å². The molecule has 7 heteroatoms. The van der Waals surface area contributed by atoms with Crippen molar-refractivity contribution in [2.24, 2.45) is 0 Å². The summed E-state index contributed by atoms with van der Waals surface area (Å²) in [6.07, 6.45) is 0.638. The average molecular weight is 296 g/mol. The predicted molar refractivity (Wildman–Crippen MR) is 72.7 cm³/mol. The number of carbonyl (C=O) groups is 2. The molecule has 2 N–H and O–H groups in total. The van der Waals surface area contributed by atoms with Gasteiger partial charge in [0.15, 0.2) is 0 Å². The molecular formula is C14H17FN2O4. The van der Waals surface area contributed by atoms with Crippen molar-refractivity contribution in [2.45, 2.75) is 6.42 Å². The molecule has 1 aromatic rings. The molecule has 6 nitrogen and oxygen atoms in total. The molecule has 1 aliphatic rings. The lowest BCUT2D eigenvalue weighted by Gasteiger charge is -2.21. The summed E-state index contributed by atoms with van der Waals surface area (Å²) in [4.78, 5) is 26.2. The highest BCUT2D eigenvalue weighted by Crippen LogP contribution is 2.17. The number of carbonyl (C=O) groups excluding carboxylic acids is 1. The normalized spacial score (nSPS) is 16.5. The Morgan fingerprint density at radius 1 is 1.19 bits per heavy atom. The van der Waals surface area contributed by atoms with E-state index in [9.17, 15) is 14.0 Å². The number of phenolic OH excluding ortho intramolecular Hbond substituents is 1. The zero-order valence-electron chi connectivity index (χ0n) is 11.5. The average Bonchev–Trinajstić information content (AvgIpc) is 2.63. The number of amides is 1. The number of halogens is 1. The lowest BCUT2D eigenvalue weighted by Crippen LogP contribution is -2.37. The molecule has 0 saturated carbocycles. The molecule has 0 unspecified atom stereocenters. The summed E-state index contributed by atoms with van der Waals surface area (Å²) in [5.74, 6) is -2.33. The van der Waals surface area contributed by atoms with Gasteiger partial charge in [0.2, 0.25) is 0 Å². The van der Waals surface area contributed by atoms with E-state index in [0.717, 1.165) is 6.07 Å². The summed E-state index contributed by atoms with van der Waals surface area (Å²) < 4.78 is 13.7. The maximum absolute atomic E-state index is 13.7. The third-order valence-electron chi connectivity index (χ3n) is 3.42. The molecule has 1 aliphatic heterocycles. The Labute approximate surface area is 121 Å². The summed E-state index contributed by atoms with van der Waals surface area (Å²) in [6.45, 7) is 1.78. The second kappa shape index (κ2) is 6.53. The summed E-state index contributed by atoms with van der Waals surface area (Å²) in [6, 6.07) is 3.43. The zero-order chi connectivity index (χ0) is 15.4. The van der Waals surface area contributed by atoms with Crippen molar-refractivity contribution >= 4 is 11.9 Å². The number of nitrogens with zero attached hydrogens (tertiary/aromatic N) is 2. The van der Waals surface area contributed by atoms with Crippen LogP contribution in [0.25, 0.3) is 0 Å². The van der Waals surface area contributed by atoms with Crippen LogP contribution in [0.1, 0.15) is 16.8 Å². The molecule has 0 spiro atoms. The number of aromatic hydroxyl groups is 1. The Morgan fingerprint density at radius 2 is 1.95 bits per heavy atom. The van der Waals surface area contributed by atoms with Crippen molar-refractivity contribution < 1.29 is 24.2 Å². The van der Waals surface area contributed by atoms with Gasteiger partial charge in [-0.1, -0.05) is 0 Å². The molecule has 0 atom stereocenters. The summed E-state index contributed by atoms with van der Waals surface area (Å²) in [7, 11) is 0. The molecule has 0 aromatic heterocycles. The van der Waals surface area contributed by atoms with E-state index in [-0.39, 0.29) is 17.9 Å². The topological polar surface area (TPSA) is 81.1 Å². The van der Waals surface area contributed by atoms with Crippen molar-refractivity contribution in [2.75, 3.05) is 32.7 Å². The van der Waals surface area contributed by atoms with Crippen LogP contribution in [0.15, 0.2) is 18.2 Å². The van der Waals surface area contributed by atoms with Crippen molar-refractivity contribution in [3.63, 3.8) is 0 Å². The molecule has 0 aliphatic carbocycles. The van der Waals surface area contributed by atoms with E-state index in [4.69, 9.17) is 10.2 Å². The largest absolute Gasteiger partial charge is 0.508 e. The minimum absolute atomic E-state index is 0.0599. The van der Waals surface area contributed by atoms with Gasteiger partial charge < -0.3 is 15.1 Å². The summed E-state index contributed by atoms with van der Waals surface area (Å²) >= 11 is 0. The number of carboxylic acids is 1. The molecule has 1 saturated heterocycles. The highest BCUT2D eigenvalue weighted by molar-refractivity contribution is 5.94. The lowest BCUT2D eigenvalue weighted by atomic mass is 10.1. The van der Waals surface area contributed by atoms with Gasteiger partial charge in [0.25, 0.3) is 5.91 Å². The van der Waals surface area contributed by atoms with Crippen LogP contribution in [-0.2, 0) is 4.79 Å². The van der Waals surface area contributed by atoms with Crippen LogP contribution >= 0.6 is 0 Å². The lowest BCUT2D eigenvalue weighted by molar-refractivity contribution is -0.138. The van der Waals surface area contributed by atoms with E-state index in [1.54, 1.807) is 4.90 Å². The minimum Gasteiger partial charge on any atom is -0.508 e. The number of carboxylic acid groups (broad SMARTS) is 1. The Morgan fingerprint density at radius 3 is 2.62 bits per heavy atom. The first kappa shape index (κ1) is 15.2. The Bertz CT molecular complexity index is 550. The third-order valence-corrected chi connectivity index (χ3v) is 3.42. The van der Waals surface area contributed by atoms with E-state index in [1.165, 1.54) is 17.0 Å². The molecule has 1 amide bonds. The van der Waals surface area contributed by atoms with Crippen LogP contribution in [0.4, 0.5) is 4.39 Å². The summed E-state index contributed by atoms with van der Waals surface area (Å²) in [5, 5.41) is 17.9. The van der Waals surface area contributed by atoms with Crippen molar-refractivity contribution in [3.05, 3.63) is 29.6 Å². The van der Waals surface area contributed by atoms with Crippen LogP contribution in [0.3, 0.4) is 0 Å². The molecular weight excluding hydrogens is 279 g/mol. The first-order valence-electron chi connectivity index (χ1n) is 6.69. The Balaban J connectivity index is 2.04. The monoisotopic (exact) mass is 296 g/mol. The van der Waals surface area contributed by atoms with Crippen LogP contribution < -0.4 is 0 Å². The highest BCUT2D eigenvalue weighted by atomic mass is 19.1. The van der Waals surface area contributed by atoms with Gasteiger partial charge in [0.1, 0.15) is 11.6 Å². The molecule has 1 fully saturated rings. The first-order valence-corrected chi connectivity index (χ1v) is 6.69. The fourth-order valence-electron chi connectivity index (χ4n) is 2.37. The molecule has 0 bridgehead atoms. The van der Waals surface area contributed by atoms with E-state index in [1.807, 2.05) is 0 Å². The van der Waals surface area contributed by atoms with Gasteiger partial charge in [0.05, 0.1) is 12.1 Å². The number of hydrogen-bond acceptors (Lipinski definition) is 4. The fourth-order valence-corrected chi connectivity index (χ4v) is 2.37. The van der Waals surface area contributed by atoms with E-state index >= 15 is 0 Å². The third kappa shape index (κ3) is 3.91. The molecule has 114 valence electrons. The molecule has 2 rings (SSSR count). The fraction of sp³-hybridized carbons (Fsp3) is 0.429. The summed E-state index contributed by atoms with van der Waals surface area (Å²) in [5.41, 5.74) is -0.0838. The van der Waals surface area contributed by atoms with Crippen LogP contribution in [0.5, 0.6) is 5.75 Å². The standard InChI is InChI=1S/C14H17FN2O4/c15-12-8-10(18)2-3-11(12)14(21)17-5-1-4-16(6-7-17)9-13(19)20/h2-3,8,18H,1,4-7,9H2,(H,19,20). The Kier molecular flexibility index (Phi) is 4.74. The minimum atomic E-state index is -0.903. The number of benzene rings is 1. The van der Waals surface area contributed by atoms with Crippen LogP contribution in [-0.4, -0.2) is 64.6 Å². The Hall–Kier alpha value is -2.15. The second-order valence-electron chi connectivity index (χ2n) is 4.98. The highest BCUT2D eigenvalue weighted by Gasteiger charge is 2.23. The van der Waals surface area contributed by atoms with Gasteiger partial charge in [-0.3, -0.25) is 14.5 Å². The molecule has 1 heterocycles. The number of aliphatic carboxylic acids is 1. The van der Waals surface area contributed by atoms with Gasteiger partial charge >= 0.3 is 5.97 Å². The van der Waals surface area contributed by atoms with Crippen molar-refractivity contribution in [1.82, 2.24) is 9.80 Å². The number of hydrogen-bond donors (Lipinski definition) is 2. The molecule has 21 heavy (non-hydrogen) atoms. The van der Waals surface area contributed by atoms with Gasteiger partial charge in [-0.25, -0.2) is 4.39 Å². The maximum Gasteiger partial charge on any atom is 0.317 e. The second-order valence-corrected chi connectivity index (χ2v) is 4.98. The van der Waals surface area contributed by atoms with Gasteiger partial charge in [0, 0.05) is 32.2 Å². The quantitative estimate of drug-likeness (QED) is 0.861. The van der Waals surface area contributed by atoms with E-state index in [0.29, 0.717) is 32.6 Å². The number of rotatable bonds is 3. The van der Waals surface area contributed by atoms with Gasteiger partial charge in [-0.2, -0.15) is 0 Å². The zero-order valence-corrected chi connectivity index (χ0v) is 11.5. The van der Waals surface area contributed by atoms with E-state index in [2.05, 4.69) is 0 Å². The maximum atomic E-state index is 13.7.